The number of ether oxygens (including phenoxy) is 1. The van der Waals surface area contributed by atoms with E-state index >= 15 is 0 Å². The summed E-state index contributed by atoms with van der Waals surface area (Å²) in [6.45, 7) is 11.1. The summed E-state index contributed by atoms with van der Waals surface area (Å²) in [5.41, 5.74) is 3.30. The van der Waals surface area contributed by atoms with E-state index in [-0.39, 0.29) is 6.09 Å². The molecule has 0 radical (unpaired) electrons. The Morgan fingerprint density at radius 2 is 2.00 bits per heavy atom. The minimum absolute atomic E-state index is 0.230. The highest BCUT2D eigenvalue weighted by Gasteiger charge is 2.27. The third-order valence-electron chi connectivity index (χ3n) is 3.68. The van der Waals surface area contributed by atoms with Gasteiger partial charge in [-0.3, -0.25) is 4.90 Å². The van der Waals surface area contributed by atoms with Gasteiger partial charge in [-0.25, -0.2) is 4.79 Å². The van der Waals surface area contributed by atoms with Gasteiger partial charge in [-0.05, 0) is 50.4 Å². The lowest BCUT2D eigenvalue weighted by Gasteiger charge is -2.24. The molecule has 2 rings (SSSR count). The molecular weight excluding hydrogens is 276 g/mol. The molecule has 0 bridgehead atoms. The third-order valence-corrected chi connectivity index (χ3v) is 3.68. The molecule has 0 saturated carbocycles. The quantitative estimate of drug-likeness (QED) is 0.841. The summed E-state index contributed by atoms with van der Waals surface area (Å²) in [6.07, 6.45) is 2.19. The minimum Gasteiger partial charge on any atom is -0.444 e. The van der Waals surface area contributed by atoms with Gasteiger partial charge < -0.3 is 10.1 Å². The predicted molar refractivity (Wildman–Crippen MR) is 88.5 cm³/mol. The van der Waals surface area contributed by atoms with Crippen LogP contribution >= 0.6 is 0 Å². The maximum Gasteiger partial charge on any atom is 0.410 e. The Hall–Kier alpha value is -1.55. The van der Waals surface area contributed by atoms with Crippen LogP contribution in [0.4, 0.5) is 4.79 Å². The van der Waals surface area contributed by atoms with Gasteiger partial charge in [-0.15, -0.1) is 0 Å². The molecule has 4 nitrogen and oxygen atoms in total. The number of unbranched alkanes of at least 4 members (excludes halogenated alkanes) is 1. The number of nitrogens with one attached hydrogen (secondary N) is 1. The van der Waals surface area contributed by atoms with Gasteiger partial charge in [-0.1, -0.05) is 31.5 Å². The monoisotopic (exact) mass is 304 g/mol. The van der Waals surface area contributed by atoms with Crippen molar-refractivity contribution in [1.82, 2.24) is 10.2 Å². The number of rotatable bonds is 5. The van der Waals surface area contributed by atoms with E-state index in [2.05, 4.69) is 30.4 Å². The Morgan fingerprint density at radius 1 is 1.27 bits per heavy atom. The topological polar surface area (TPSA) is 41.6 Å². The SMILES string of the molecule is CCCCNCc1ccc2c(c1)CN(C(=O)OC(C)(C)C)C2. The Morgan fingerprint density at radius 3 is 2.68 bits per heavy atom. The van der Waals surface area contributed by atoms with Crippen LogP contribution in [-0.2, 0) is 24.4 Å². The van der Waals surface area contributed by atoms with Crippen molar-refractivity contribution in [3.8, 4) is 0 Å². The molecule has 1 N–H and O–H groups in total. The van der Waals surface area contributed by atoms with Crippen molar-refractivity contribution in [2.45, 2.75) is 65.8 Å². The molecule has 1 aliphatic heterocycles. The zero-order chi connectivity index (χ0) is 16.2. The van der Waals surface area contributed by atoms with E-state index in [1.165, 1.54) is 29.5 Å². The van der Waals surface area contributed by atoms with Crippen molar-refractivity contribution in [2.75, 3.05) is 6.54 Å². The molecule has 122 valence electrons. The molecule has 1 aliphatic rings. The molecule has 1 heterocycles. The fraction of sp³-hybridized carbons (Fsp3) is 0.611. The van der Waals surface area contributed by atoms with Crippen LogP contribution in [0.5, 0.6) is 0 Å². The molecule has 0 aromatic heterocycles. The van der Waals surface area contributed by atoms with E-state index < -0.39 is 5.60 Å². The van der Waals surface area contributed by atoms with E-state index in [1.54, 1.807) is 4.90 Å². The molecule has 0 unspecified atom stereocenters. The zero-order valence-electron chi connectivity index (χ0n) is 14.2. The van der Waals surface area contributed by atoms with Crippen molar-refractivity contribution in [1.29, 1.82) is 0 Å². The van der Waals surface area contributed by atoms with Gasteiger partial charge >= 0.3 is 6.09 Å². The van der Waals surface area contributed by atoms with Crippen molar-refractivity contribution in [2.24, 2.45) is 0 Å². The lowest BCUT2D eigenvalue weighted by Crippen LogP contribution is -2.33. The van der Waals surface area contributed by atoms with Crippen LogP contribution in [0, 0.1) is 0 Å². The van der Waals surface area contributed by atoms with E-state index in [4.69, 9.17) is 4.74 Å². The molecule has 1 aromatic rings. The molecule has 22 heavy (non-hydrogen) atoms. The van der Waals surface area contributed by atoms with E-state index in [0.717, 1.165) is 13.1 Å². The summed E-state index contributed by atoms with van der Waals surface area (Å²) in [4.78, 5) is 13.9. The first-order valence-electron chi connectivity index (χ1n) is 8.18. The Labute approximate surface area is 133 Å². The average Bonchev–Trinajstić information content (AvgIpc) is 2.85. The van der Waals surface area contributed by atoms with Crippen LogP contribution in [0.25, 0.3) is 0 Å². The smallest absolute Gasteiger partial charge is 0.410 e. The number of hydrogen-bond acceptors (Lipinski definition) is 3. The molecule has 1 amide bonds. The molecule has 4 heteroatoms. The molecule has 0 fully saturated rings. The Kier molecular flexibility index (Phi) is 5.46. The highest BCUT2D eigenvalue weighted by atomic mass is 16.6. The summed E-state index contributed by atoms with van der Waals surface area (Å²) in [5, 5.41) is 3.45. The highest BCUT2D eigenvalue weighted by molar-refractivity contribution is 5.69. The van der Waals surface area contributed by atoms with Crippen LogP contribution in [0.3, 0.4) is 0 Å². The van der Waals surface area contributed by atoms with Crippen LogP contribution in [0.1, 0.15) is 57.2 Å². The summed E-state index contributed by atoms with van der Waals surface area (Å²) >= 11 is 0. The second-order valence-electron chi connectivity index (χ2n) is 6.97. The largest absolute Gasteiger partial charge is 0.444 e. The standard InChI is InChI=1S/C18H28N2O2/c1-5-6-9-19-11-14-7-8-15-12-20(13-16(15)10-14)17(21)22-18(2,3)4/h7-8,10,19H,5-6,9,11-13H2,1-4H3. The second kappa shape index (κ2) is 7.14. The van der Waals surface area contributed by atoms with Gasteiger partial charge in [0.15, 0.2) is 0 Å². The van der Waals surface area contributed by atoms with Crippen LogP contribution in [-0.4, -0.2) is 23.1 Å². The first-order chi connectivity index (χ1) is 10.4. The molecule has 1 aromatic carbocycles. The van der Waals surface area contributed by atoms with Crippen molar-refractivity contribution in [3.05, 3.63) is 34.9 Å². The van der Waals surface area contributed by atoms with Gasteiger partial charge in [0.05, 0.1) is 0 Å². The van der Waals surface area contributed by atoms with Gasteiger partial charge in [0.2, 0.25) is 0 Å². The van der Waals surface area contributed by atoms with E-state index in [0.29, 0.717) is 13.1 Å². The lowest BCUT2D eigenvalue weighted by atomic mass is 10.1. The van der Waals surface area contributed by atoms with Crippen molar-refractivity contribution < 1.29 is 9.53 Å². The maximum absolute atomic E-state index is 12.1. The second-order valence-corrected chi connectivity index (χ2v) is 6.97. The zero-order valence-corrected chi connectivity index (χ0v) is 14.2. The average molecular weight is 304 g/mol. The molecular formula is C18H28N2O2. The number of amides is 1. The first-order valence-corrected chi connectivity index (χ1v) is 8.18. The number of nitrogens with zero attached hydrogens (tertiary/aromatic N) is 1. The molecule has 0 aliphatic carbocycles. The lowest BCUT2D eigenvalue weighted by molar-refractivity contribution is 0.0242. The van der Waals surface area contributed by atoms with E-state index in [1.807, 2.05) is 20.8 Å². The van der Waals surface area contributed by atoms with Crippen LogP contribution in [0.2, 0.25) is 0 Å². The van der Waals surface area contributed by atoms with Gasteiger partial charge in [-0.2, -0.15) is 0 Å². The predicted octanol–water partition coefficient (Wildman–Crippen LogP) is 3.83. The maximum atomic E-state index is 12.1. The number of fused-ring (bicyclic) bond motifs is 1. The first kappa shape index (κ1) is 16.8. The molecule has 0 saturated heterocycles. The third kappa shape index (κ3) is 4.73. The Balaban J connectivity index is 1.92. The van der Waals surface area contributed by atoms with Gasteiger partial charge in [0.25, 0.3) is 0 Å². The Bertz CT molecular complexity index is 520. The van der Waals surface area contributed by atoms with Crippen molar-refractivity contribution >= 4 is 6.09 Å². The fourth-order valence-electron chi connectivity index (χ4n) is 2.55. The number of carbonyl (C=O) groups excluding carboxylic acids is 1. The van der Waals surface area contributed by atoms with Gasteiger partial charge in [0.1, 0.15) is 5.60 Å². The fourth-order valence-corrected chi connectivity index (χ4v) is 2.55. The van der Waals surface area contributed by atoms with Crippen molar-refractivity contribution in [3.63, 3.8) is 0 Å². The molecule has 0 atom stereocenters. The van der Waals surface area contributed by atoms with E-state index in [9.17, 15) is 4.79 Å². The van der Waals surface area contributed by atoms with Crippen LogP contribution < -0.4 is 5.32 Å². The summed E-state index contributed by atoms with van der Waals surface area (Å²) < 4.78 is 5.45. The normalized spacial score (nSPS) is 14.1. The summed E-state index contributed by atoms with van der Waals surface area (Å²) in [5.74, 6) is 0. The number of benzene rings is 1. The van der Waals surface area contributed by atoms with Crippen LogP contribution in [0.15, 0.2) is 18.2 Å². The summed E-state index contributed by atoms with van der Waals surface area (Å²) in [7, 11) is 0. The highest BCUT2D eigenvalue weighted by Crippen LogP contribution is 2.25. The number of hydrogen-bond donors (Lipinski definition) is 1. The summed E-state index contributed by atoms with van der Waals surface area (Å²) in [6, 6.07) is 6.49. The number of carbonyl (C=O) groups is 1. The minimum atomic E-state index is -0.444. The molecule has 0 spiro atoms. The van der Waals surface area contributed by atoms with Gasteiger partial charge in [0, 0.05) is 19.6 Å².